The van der Waals surface area contributed by atoms with E-state index in [1.54, 1.807) is 0 Å². The summed E-state index contributed by atoms with van der Waals surface area (Å²) in [6, 6.07) is 0.901. The van der Waals surface area contributed by atoms with Gasteiger partial charge < -0.3 is 14.2 Å². The van der Waals surface area contributed by atoms with E-state index in [0.29, 0.717) is 12.1 Å². The smallest absolute Gasteiger partial charge is 0.431 e. The maximum absolute atomic E-state index is 14.5. The van der Waals surface area contributed by atoms with Gasteiger partial charge in [0.2, 0.25) is 0 Å². The topological polar surface area (TPSA) is 88.8 Å². The third-order valence-electron chi connectivity index (χ3n) is 3.98. The predicted octanol–water partition coefficient (Wildman–Crippen LogP) is 3.29. The Hall–Kier alpha value is -3.42. The first-order valence-electron chi connectivity index (χ1n) is 8.50. The van der Waals surface area contributed by atoms with Crippen LogP contribution in [0.1, 0.15) is 12.2 Å². The molecule has 33 heavy (non-hydrogen) atoms. The van der Waals surface area contributed by atoms with Gasteiger partial charge in [0.15, 0.2) is 0 Å². The van der Waals surface area contributed by atoms with Crippen LogP contribution in [0.5, 0.6) is 5.75 Å². The monoisotopic (exact) mass is 502 g/mol. The van der Waals surface area contributed by atoms with Gasteiger partial charge in [0.05, 0.1) is 31.0 Å². The Balaban J connectivity index is 2.64. The van der Waals surface area contributed by atoms with Crippen LogP contribution in [0.3, 0.4) is 0 Å². The van der Waals surface area contributed by atoms with Gasteiger partial charge in [-0.25, -0.2) is 23.1 Å². The van der Waals surface area contributed by atoms with Crippen LogP contribution in [0.15, 0.2) is 39.6 Å². The van der Waals surface area contributed by atoms with Gasteiger partial charge in [-0.2, -0.15) is 22.0 Å². The van der Waals surface area contributed by atoms with Gasteiger partial charge in [0, 0.05) is 12.1 Å². The Morgan fingerprint density at radius 2 is 1.79 bits per heavy atom. The molecule has 0 unspecified atom stereocenters. The van der Waals surface area contributed by atoms with Crippen molar-refractivity contribution in [2.24, 2.45) is 0 Å². The molecule has 2 aromatic rings. The zero-order valence-corrected chi connectivity index (χ0v) is 17.3. The standard InChI is InChI=1S/C18H13ClF6N2O6/c1-31-8(3-15(29)32-2)7-33-12-5-11(10(20)4-9(12)19)26-14(28)6-13(18(23,24)25)27(16(21)22)17(26)30/h3-6,16H,7H2,1-2H3. The highest BCUT2D eigenvalue weighted by Gasteiger charge is 2.38. The van der Waals surface area contributed by atoms with E-state index in [4.69, 9.17) is 21.1 Å². The molecular formula is C18H13ClF6N2O6. The van der Waals surface area contributed by atoms with Crippen molar-refractivity contribution in [3.05, 3.63) is 67.4 Å². The number of hydrogen-bond acceptors (Lipinski definition) is 6. The van der Waals surface area contributed by atoms with E-state index < -0.39 is 69.1 Å². The number of aromatic nitrogens is 2. The number of rotatable bonds is 7. The molecule has 0 aliphatic rings. The number of methoxy groups -OCH3 is 2. The Labute approximate surface area is 185 Å². The van der Waals surface area contributed by atoms with Gasteiger partial charge >= 0.3 is 24.4 Å². The van der Waals surface area contributed by atoms with Gasteiger partial charge in [-0.05, 0) is 6.07 Å². The third kappa shape index (κ3) is 5.69. The van der Waals surface area contributed by atoms with Crippen LogP contribution in [0.4, 0.5) is 26.3 Å². The highest BCUT2D eigenvalue weighted by molar-refractivity contribution is 6.32. The summed E-state index contributed by atoms with van der Waals surface area (Å²) >= 11 is 5.84. The molecule has 0 radical (unpaired) electrons. The van der Waals surface area contributed by atoms with E-state index >= 15 is 0 Å². The molecule has 15 heteroatoms. The molecule has 0 aliphatic carbocycles. The molecule has 0 saturated heterocycles. The van der Waals surface area contributed by atoms with Crippen molar-refractivity contribution in [1.29, 1.82) is 0 Å². The van der Waals surface area contributed by atoms with Crippen molar-refractivity contribution in [1.82, 2.24) is 9.13 Å². The Bertz CT molecular complexity index is 1200. The molecule has 180 valence electrons. The minimum atomic E-state index is -5.47. The van der Waals surface area contributed by atoms with Gasteiger partial charge in [-0.3, -0.25) is 4.79 Å². The van der Waals surface area contributed by atoms with Crippen molar-refractivity contribution in [2.45, 2.75) is 12.7 Å². The Morgan fingerprint density at radius 3 is 2.30 bits per heavy atom. The number of esters is 1. The summed E-state index contributed by atoms with van der Waals surface area (Å²) in [5.41, 5.74) is -7.12. The van der Waals surface area contributed by atoms with Crippen LogP contribution in [-0.4, -0.2) is 35.9 Å². The van der Waals surface area contributed by atoms with Crippen LogP contribution >= 0.6 is 11.6 Å². The lowest BCUT2D eigenvalue weighted by molar-refractivity contribution is -0.149. The fourth-order valence-electron chi connectivity index (χ4n) is 2.48. The van der Waals surface area contributed by atoms with E-state index in [1.807, 2.05) is 0 Å². The number of hydrogen-bond donors (Lipinski definition) is 0. The molecular weight excluding hydrogens is 490 g/mol. The SMILES string of the molecule is COC(=O)C=C(COc1cc(-n2c(=O)cc(C(F)(F)F)n(C(F)F)c2=O)c(F)cc1Cl)OC. The number of halogens is 7. The quantitative estimate of drug-likeness (QED) is 0.250. The summed E-state index contributed by atoms with van der Waals surface area (Å²) in [4.78, 5) is 35.8. The normalized spacial score (nSPS) is 12.1. The van der Waals surface area contributed by atoms with Crippen LogP contribution in [-0.2, 0) is 20.4 Å². The van der Waals surface area contributed by atoms with E-state index in [2.05, 4.69) is 4.74 Å². The lowest BCUT2D eigenvalue weighted by Gasteiger charge is -2.17. The number of carbonyl (C=O) groups is 1. The number of ether oxygens (including phenoxy) is 3. The molecule has 0 aliphatic heterocycles. The lowest BCUT2D eigenvalue weighted by Crippen LogP contribution is -2.42. The number of alkyl halides is 5. The van der Waals surface area contributed by atoms with Crippen LogP contribution < -0.4 is 16.0 Å². The molecule has 1 heterocycles. The molecule has 0 amide bonds. The first kappa shape index (κ1) is 25.8. The molecule has 8 nitrogen and oxygen atoms in total. The Morgan fingerprint density at radius 1 is 1.15 bits per heavy atom. The molecule has 1 aromatic carbocycles. The van der Waals surface area contributed by atoms with E-state index in [-0.39, 0.29) is 16.4 Å². The molecule has 2 rings (SSSR count). The summed E-state index contributed by atoms with van der Waals surface area (Å²) in [5, 5.41) is -0.418. The van der Waals surface area contributed by atoms with Crippen LogP contribution in [0.2, 0.25) is 5.02 Å². The second-order valence-corrected chi connectivity index (χ2v) is 6.40. The van der Waals surface area contributed by atoms with Gasteiger partial charge in [-0.15, -0.1) is 0 Å². The minimum absolute atomic E-state index is 0.101. The summed E-state index contributed by atoms with van der Waals surface area (Å²) in [5.74, 6) is -2.74. The van der Waals surface area contributed by atoms with Crippen molar-refractivity contribution in [3.8, 4) is 11.4 Å². The van der Waals surface area contributed by atoms with Crippen molar-refractivity contribution >= 4 is 17.6 Å². The van der Waals surface area contributed by atoms with Crippen LogP contribution in [0, 0.1) is 5.82 Å². The highest BCUT2D eigenvalue weighted by atomic mass is 35.5. The molecule has 0 fully saturated rings. The predicted molar refractivity (Wildman–Crippen MR) is 100 cm³/mol. The summed E-state index contributed by atoms with van der Waals surface area (Å²) in [6.07, 6.45) is -4.58. The van der Waals surface area contributed by atoms with Gasteiger partial charge in [0.1, 0.15) is 29.6 Å². The third-order valence-corrected chi connectivity index (χ3v) is 4.27. The summed E-state index contributed by atoms with van der Waals surface area (Å²) in [6.45, 7) is -4.50. The van der Waals surface area contributed by atoms with E-state index in [1.165, 1.54) is 7.11 Å². The number of nitrogens with zero attached hydrogens (tertiary/aromatic N) is 2. The zero-order chi connectivity index (χ0) is 25.1. The molecule has 0 bridgehead atoms. The second-order valence-electron chi connectivity index (χ2n) is 5.99. The first-order chi connectivity index (χ1) is 15.3. The Kier molecular flexibility index (Phi) is 7.84. The highest BCUT2D eigenvalue weighted by Crippen LogP contribution is 2.31. The van der Waals surface area contributed by atoms with Gasteiger partial charge in [-0.1, -0.05) is 11.6 Å². The minimum Gasteiger partial charge on any atom is -0.497 e. The maximum Gasteiger partial charge on any atom is 0.431 e. The fourth-order valence-corrected chi connectivity index (χ4v) is 2.69. The average Bonchev–Trinajstić information content (AvgIpc) is 2.71. The second kappa shape index (κ2) is 10.0. The molecule has 1 aromatic heterocycles. The molecule has 0 saturated carbocycles. The lowest BCUT2D eigenvalue weighted by atomic mass is 10.2. The average molecular weight is 503 g/mol. The maximum atomic E-state index is 14.5. The fraction of sp³-hybridized carbons (Fsp3) is 0.278. The summed E-state index contributed by atoms with van der Waals surface area (Å²) in [7, 11) is 2.26. The van der Waals surface area contributed by atoms with Crippen LogP contribution in [0.25, 0.3) is 5.69 Å². The van der Waals surface area contributed by atoms with Crippen molar-refractivity contribution in [2.75, 3.05) is 20.8 Å². The first-order valence-corrected chi connectivity index (χ1v) is 8.88. The summed E-state index contributed by atoms with van der Waals surface area (Å²) < 4.78 is 93.2. The molecule has 0 N–H and O–H groups in total. The molecule has 0 atom stereocenters. The largest absolute Gasteiger partial charge is 0.497 e. The number of benzene rings is 1. The van der Waals surface area contributed by atoms with E-state index in [9.17, 15) is 40.7 Å². The van der Waals surface area contributed by atoms with E-state index in [0.717, 1.165) is 13.2 Å². The molecule has 0 spiro atoms. The zero-order valence-electron chi connectivity index (χ0n) is 16.6. The van der Waals surface area contributed by atoms with Gasteiger partial charge in [0.25, 0.3) is 5.56 Å². The van der Waals surface area contributed by atoms with Crippen molar-refractivity contribution in [3.63, 3.8) is 0 Å². The van der Waals surface area contributed by atoms with Crippen molar-refractivity contribution < 1.29 is 45.3 Å². The number of carbonyl (C=O) groups excluding carboxylic acids is 1.